The third-order valence-corrected chi connectivity index (χ3v) is 7.68. The van der Waals surface area contributed by atoms with Gasteiger partial charge in [-0.1, -0.05) is 0 Å². The molecule has 1 aromatic heterocycles. The fourth-order valence-electron chi connectivity index (χ4n) is 6.04. The molecule has 5 rings (SSSR count). The zero-order valence-electron chi connectivity index (χ0n) is 15.5. The van der Waals surface area contributed by atoms with E-state index in [2.05, 4.69) is 12.2 Å². The summed E-state index contributed by atoms with van der Waals surface area (Å²) < 4.78 is 5.17. The van der Waals surface area contributed by atoms with Crippen LogP contribution in [-0.2, 0) is 20.7 Å². The van der Waals surface area contributed by atoms with Crippen LogP contribution < -0.4 is 5.32 Å². The van der Waals surface area contributed by atoms with Crippen LogP contribution in [0, 0.1) is 23.2 Å². The quantitative estimate of drug-likeness (QED) is 0.734. The highest BCUT2D eigenvalue weighted by molar-refractivity contribution is 7.07. The molecule has 4 nitrogen and oxygen atoms in total. The van der Waals surface area contributed by atoms with Gasteiger partial charge in [0.25, 0.3) is 5.91 Å². The maximum absolute atomic E-state index is 12.3. The molecule has 4 saturated carbocycles. The van der Waals surface area contributed by atoms with Gasteiger partial charge in [-0.15, -0.1) is 0 Å². The Labute approximate surface area is 159 Å². The van der Waals surface area contributed by atoms with Crippen molar-refractivity contribution in [2.75, 3.05) is 6.61 Å². The average Bonchev–Trinajstić information content (AvgIpc) is 3.10. The molecule has 0 radical (unpaired) electrons. The number of aryl methyl sites for hydroxylation is 1. The summed E-state index contributed by atoms with van der Waals surface area (Å²) in [5.41, 5.74) is 1.43. The van der Waals surface area contributed by atoms with E-state index in [1.807, 2.05) is 16.8 Å². The van der Waals surface area contributed by atoms with Crippen molar-refractivity contribution in [2.45, 2.75) is 64.3 Å². The summed E-state index contributed by atoms with van der Waals surface area (Å²) in [5, 5.41) is 7.18. The van der Waals surface area contributed by atoms with Gasteiger partial charge in [0.15, 0.2) is 6.61 Å². The topological polar surface area (TPSA) is 55.4 Å². The van der Waals surface area contributed by atoms with Gasteiger partial charge in [0.2, 0.25) is 0 Å². The number of carbonyl (C=O) groups excluding carboxylic acids is 2. The lowest BCUT2D eigenvalue weighted by molar-refractivity contribution is -0.149. The Morgan fingerprint density at radius 3 is 2.46 bits per heavy atom. The first kappa shape index (κ1) is 18.0. The van der Waals surface area contributed by atoms with Crippen molar-refractivity contribution in [2.24, 2.45) is 23.2 Å². The fourth-order valence-corrected chi connectivity index (χ4v) is 6.75. The summed E-state index contributed by atoms with van der Waals surface area (Å²) in [4.78, 5) is 24.1. The van der Waals surface area contributed by atoms with Crippen molar-refractivity contribution in [3.8, 4) is 0 Å². The zero-order valence-corrected chi connectivity index (χ0v) is 16.4. The van der Waals surface area contributed by atoms with E-state index in [9.17, 15) is 9.59 Å². The summed E-state index contributed by atoms with van der Waals surface area (Å²) in [6, 6.07) is 2.19. The fraction of sp³-hybridized carbons (Fsp3) is 0.714. The highest BCUT2D eigenvalue weighted by Gasteiger charge is 2.53. The van der Waals surface area contributed by atoms with Crippen LogP contribution in [0.5, 0.6) is 0 Å². The third kappa shape index (κ3) is 3.83. The van der Waals surface area contributed by atoms with Gasteiger partial charge in [0, 0.05) is 12.5 Å². The molecule has 0 saturated heterocycles. The molecule has 0 aromatic carbocycles. The van der Waals surface area contributed by atoms with Gasteiger partial charge in [-0.3, -0.25) is 9.59 Å². The molecule has 1 aromatic rings. The highest BCUT2D eigenvalue weighted by Crippen LogP contribution is 2.61. The van der Waals surface area contributed by atoms with Crippen LogP contribution in [0.15, 0.2) is 16.8 Å². The normalized spacial score (nSPS) is 33.0. The Balaban J connectivity index is 1.22. The van der Waals surface area contributed by atoms with Crippen molar-refractivity contribution in [3.63, 3.8) is 0 Å². The molecule has 5 heteroatoms. The number of esters is 1. The van der Waals surface area contributed by atoms with E-state index in [1.54, 1.807) is 11.3 Å². The molecule has 4 aliphatic rings. The van der Waals surface area contributed by atoms with Gasteiger partial charge in [-0.2, -0.15) is 11.3 Å². The number of nitrogens with one attached hydrogen (secondary N) is 1. The van der Waals surface area contributed by atoms with E-state index in [1.165, 1.54) is 38.5 Å². The second-order valence-electron chi connectivity index (χ2n) is 8.86. The van der Waals surface area contributed by atoms with Crippen LogP contribution in [0.2, 0.25) is 0 Å². The zero-order chi connectivity index (χ0) is 18.1. The lowest BCUT2D eigenvalue weighted by Gasteiger charge is -2.59. The Bertz CT molecular complexity index is 619. The SMILES string of the molecule is C[C@@H](NC(=O)COC(=O)CCc1ccsc1)C12CC3CC(CC(C3)C1)C2. The second kappa shape index (κ2) is 7.34. The van der Waals surface area contributed by atoms with E-state index in [0.29, 0.717) is 12.8 Å². The molecule has 4 aliphatic carbocycles. The Hall–Kier alpha value is -1.36. The molecule has 0 unspecified atom stereocenters. The van der Waals surface area contributed by atoms with Gasteiger partial charge < -0.3 is 10.1 Å². The Morgan fingerprint density at radius 1 is 1.23 bits per heavy atom. The summed E-state index contributed by atoms with van der Waals surface area (Å²) in [7, 11) is 0. The summed E-state index contributed by atoms with van der Waals surface area (Å²) >= 11 is 1.62. The van der Waals surface area contributed by atoms with Crippen LogP contribution in [0.4, 0.5) is 0 Å². The first-order valence-corrected chi connectivity index (χ1v) is 10.9. The highest BCUT2D eigenvalue weighted by atomic mass is 32.1. The third-order valence-electron chi connectivity index (χ3n) is 6.94. The van der Waals surface area contributed by atoms with Crippen molar-refractivity contribution >= 4 is 23.2 Å². The number of amides is 1. The molecule has 1 amide bonds. The van der Waals surface area contributed by atoms with Crippen LogP contribution in [-0.4, -0.2) is 24.5 Å². The molecule has 0 aliphatic heterocycles. The average molecular weight is 376 g/mol. The largest absolute Gasteiger partial charge is 0.456 e. The monoisotopic (exact) mass is 375 g/mol. The van der Waals surface area contributed by atoms with Crippen molar-refractivity contribution in [1.82, 2.24) is 5.32 Å². The van der Waals surface area contributed by atoms with Crippen LogP contribution in [0.3, 0.4) is 0 Å². The minimum atomic E-state index is -0.297. The Kier molecular flexibility index (Phi) is 5.09. The summed E-state index contributed by atoms with van der Waals surface area (Å²) in [5.74, 6) is 2.16. The van der Waals surface area contributed by atoms with Gasteiger partial charge in [-0.25, -0.2) is 0 Å². The first-order valence-electron chi connectivity index (χ1n) is 9.98. The summed E-state index contributed by atoms with van der Waals surface area (Å²) in [6.07, 6.45) is 9.01. The molecule has 142 valence electrons. The van der Waals surface area contributed by atoms with Crippen LogP contribution in [0.25, 0.3) is 0 Å². The predicted molar refractivity (Wildman–Crippen MR) is 102 cm³/mol. The number of hydrogen-bond acceptors (Lipinski definition) is 4. The Morgan fingerprint density at radius 2 is 1.88 bits per heavy atom. The van der Waals surface area contributed by atoms with E-state index in [4.69, 9.17) is 4.74 Å². The van der Waals surface area contributed by atoms with Gasteiger partial charge in [0.05, 0.1) is 0 Å². The molecule has 4 fully saturated rings. The van der Waals surface area contributed by atoms with Crippen molar-refractivity contribution in [3.05, 3.63) is 22.4 Å². The molecule has 1 N–H and O–H groups in total. The minimum Gasteiger partial charge on any atom is -0.456 e. The lowest BCUT2D eigenvalue weighted by Crippen LogP contribution is -2.56. The maximum atomic E-state index is 12.3. The second-order valence-corrected chi connectivity index (χ2v) is 9.64. The van der Waals surface area contributed by atoms with Gasteiger partial charge >= 0.3 is 5.97 Å². The van der Waals surface area contributed by atoms with Crippen LogP contribution >= 0.6 is 11.3 Å². The first-order chi connectivity index (χ1) is 12.5. The maximum Gasteiger partial charge on any atom is 0.306 e. The van der Waals surface area contributed by atoms with E-state index < -0.39 is 0 Å². The van der Waals surface area contributed by atoms with E-state index in [0.717, 1.165) is 23.3 Å². The predicted octanol–water partition coefficient (Wildman–Crippen LogP) is 3.95. The molecular weight excluding hydrogens is 346 g/mol. The van der Waals surface area contributed by atoms with Crippen molar-refractivity contribution in [1.29, 1.82) is 0 Å². The molecule has 1 heterocycles. The number of rotatable bonds is 7. The summed E-state index contributed by atoms with van der Waals surface area (Å²) in [6.45, 7) is 2.00. The number of carbonyl (C=O) groups is 2. The molecule has 1 atom stereocenters. The molecule has 4 bridgehead atoms. The van der Waals surface area contributed by atoms with Gasteiger partial charge in [-0.05, 0) is 97.4 Å². The molecule has 26 heavy (non-hydrogen) atoms. The number of thiophene rings is 1. The van der Waals surface area contributed by atoms with Gasteiger partial charge in [0.1, 0.15) is 0 Å². The number of hydrogen-bond donors (Lipinski definition) is 1. The number of ether oxygens (including phenoxy) is 1. The minimum absolute atomic E-state index is 0.154. The smallest absolute Gasteiger partial charge is 0.306 e. The molecular formula is C21H29NO3S. The standard InChI is InChI=1S/C21H29NO3S/c1-14(21-9-16-6-17(10-21)8-18(7-16)11-21)22-19(23)12-25-20(24)3-2-15-4-5-26-13-15/h4-5,13-14,16-18H,2-3,6-12H2,1H3,(H,22,23)/t14-,16?,17?,18?,21?/m1/s1. The molecule has 0 spiro atoms. The lowest BCUT2D eigenvalue weighted by atomic mass is 9.48. The van der Waals surface area contributed by atoms with Crippen molar-refractivity contribution < 1.29 is 14.3 Å². The van der Waals surface area contributed by atoms with E-state index in [-0.39, 0.29) is 29.9 Å². The van der Waals surface area contributed by atoms with E-state index >= 15 is 0 Å². The van der Waals surface area contributed by atoms with Crippen LogP contribution in [0.1, 0.15) is 57.4 Å².